The van der Waals surface area contributed by atoms with Gasteiger partial charge in [-0.1, -0.05) is 30.3 Å². The number of rotatable bonds is 8. The third kappa shape index (κ3) is 4.87. The van der Waals surface area contributed by atoms with Gasteiger partial charge in [-0.3, -0.25) is 4.79 Å². The van der Waals surface area contributed by atoms with Gasteiger partial charge in [0.15, 0.2) is 21.3 Å². The van der Waals surface area contributed by atoms with E-state index in [2.05, 4.69) is 0 Å². The van der Waals surface area contributed by atoms with Crippen molar-refractivity contribution in [2.24, 2.45) is 0 Å². The molecule has 2 aromatic carbocycles. The maximum atomic E-state index is 13.5. The number of hydrogen-bond donors (Lipinski definition) is 0. The Labute approximate surface area is 177 Å². The summed E-state index contributed by atoms with van der Waals surface area (Å²) in [5.74, 6) is 0.979. The molecule has 1 unspecified atom stereocenters. The SMILES string of the molecule is COc1cc(C(=O)N(CCc2ccccc2)C2CCS(=O)(=O)C2)cc(OC)c1OC. The van der Waals surface area contributed by atoms with Gasteiger partial charge in [0.1, 0.15) is 0 Å². The lowest BCUT2D eigenvalue weighted by molar-refractivity contribution is 0.0698. The maximum Gasteiger partial charge on any atom is 0.254 e. The molecule has 0 spiro atoms. The molecule has 0 aromatic heterocycles. The number of amides is 1. The van der Waals surface area contributed by atoms with E-state index in [-0.39, 0.29) is 23.5 Å². The molecule has 1 aliphatic heterocycles. The predicted molar refractivity (Wildman–Crippen MR) is 114 cm³/mol. The summed E-state index contributed by atoms with van der Waals surface area (Å²) in [7, 11) is 1.34. The van der Waals surface area contributed by atoms with E-state index in [0.717, 1.165) is 5.56 Å². The van der Waals surface area contributed by atoms with Gasteiger partial charge in [-0.2, -0.15) is 0 Å². The maximum absolute atomic E-state index is 13.5. The molecule has 1 amide bonds. The van der Waals surface area contributed by atoms with Gasteiger partial charge in [-0.05, 0) is 30.5 Å². The van der Waals surface area contributed by atoms with E-state index in [1.54, 1.807) is 17.0 Å². The largest absolute Gasteiger partial charge is 0.493 e. The summed E-state index contributed by atoms with van der Waals surface area (Å²) in [5.41, 5.74) is 1.45. The second-order valence-corrected chi connectivity index (χ2v) is 9.43. The number of ether oxygens (including phenoxy) is 3. The van der Waals surface area contributed by atoms with Crippen LogP contribution in [0.5, 0.6) is 17.2 Å². The number of benzene rings is 2. The molecule has 3 rings (SSSR count). The van der Waals surface area contributed by atoms with Gasteiger partial charge >= 0.3 is 0 Å². The van der Waals surface area contributed by atoms with Crippen molar-refractivity contribution >= 4 is 15.7 Å². The first-order chi connectivity index (χ1) is 14.4. The minimum absolute atomic E-state index is 0.0159. The van der Waals surface area contributed by atoms with Crippen molar-refractivity contribution in [3.63, 3.8) is 0 Å². The summed E-state index contributed by atoms with van der Waals surface area (Å²) < 4.78 is 40.2. The molecule has 8 heteroatoms. The Hall–Kier alpha value is -2.74. The van der Waals surface area contributed by atoms with Gasteiger partial charge < -0.3 is 19.1 Å². The number of methoxy groups -OCH3 is 3. The van der Waals surface area contributed by atoms with Crippen LogP contribution in [0.25, 0.3) is 0 Å². The fourth-order valence-electron chi connectivity index (χ4n) is 3.74. The Kier molecular flexibility index (Phi) is 6.87. The summed E-state index contributed by atoms with van der Waals surface area (Å²) in [6.07, 6.45) is 1.07. The van der Waals surface area contributed by atoms with Crippen LogP contribution in [0.4, 0.5) is 0 Å². The van der Waals surface area contributed by atoms with Crippen LogP contribution in [0.3, 0.4) is 0 Å². The zero-order valence-electron chi connectivity index (χ0n) is 17.5. The molecule has 162 valence electrons. The first-order valence-electron chi connectivity index (χ1n) is 9.74. The van der Waals surface area contributed by atoms with Crippen molar-refractivity contribution in [1.82, 2.24) is 4.90 Å². The van der Waals surface area contributed by atoms with Gasteiger partial charge in [0.2, 0.25) is 5.75 Å². The number of carbonyl (C=O) groups is 1. The fourth-order valence-corrected chi connectivity index (χ4v) is 5.47. The summed E-state index contributed by atoms with van der Waals surface area (Å²) >= 11 is 0. The second-order valence-electron chi connectivity index (χ2n) is 7.21. The first-order valence-corrected chi connectivity index (χ1v) is 11.6. The highest BCUT2D eigenvalue weighted by atomic mass is 32.2. The average molecular weight is 434 g/mol. The van der Waals surface area contributed by atoms with Gasteiger partial charge in [0, 0.05) is 18.2 Å². The zero-order chi connectivity index (χ0) is 21.7. The summed E-state index contributed by atoms with van der Waals surface area (Å²) in [6.45, 7) is 0.416. The van der Waals surface area contributed by atoms with Crippen molar-refractivity contribution in [2.45, 2.75) is 18.9 Å². The van der Waals surface area contributed by atoms with Crippen LogP contribution in [0.2, 0.25) is 0 Å². The fraction of sp³-hybridized carbons (Fsp3) is 0.409. The second kappa shape index (κ2) is 9.38. The van der Waals surface area contributed by atoms with Gasteiger partial charge in [0.25, 0.3) is 5.91 Å². The standard InChI is InChI=1S/C22H27NO6S/c1-27-19-13-17(14-20(28-2)21(19)29-3)22(24)23(18-10-12-30(25,26)15-18)11-9-16-7-5-4-6-8-16/h4-8,13-14,18H,9-12,15H2,1-3H3. The Morgan fingerprint density at radius 1 is 1.03 bits per heavy atom. The van der Waals surface area contributed by atoms with E-state index < -0.39 is 9.84 Å². The Morgan fingerprint density at radius 2 is 1.67 bits per heavy atom. The lowest BCUT2D eigenvalue weighted by Gasteiger charge is -2.29. The molecule has 7 nitrogen and oxygen atoms in total. The van der Waals surface area contributed by atoms with Crippen LogP contribution < -0.4 is 14.2 Å². The van der Waals surface area contributed by atoms with E-state index in [1.807, 2.05) is 30.3 Å². The van der Waals surface area contributed by atoms with Crippen LogP contribution in [0, 0.1) is 0 Å². The normalized spacial score (nSPS) is 17.4. The van der Waals surface area contributed by atoms with Crippen LogP contribution in [0.15, 0.2) is 42.5 Å². The number of nitrogens with zero attached hydrogens (tertiary/aromatic N) is 1. The van der Waals surface area contributed by atoms with E-state index in [4.69, 9.17) is 14.2 Å². The molecule has 2 aromatic rings. The molecule has 0 saturated carbocycles. The van der Waals surface area contributed by atoms with Crippen LogP contribution >= 0.6 is 0 Å². The Balaban J connectivity index is 1.93. The molecule has 0 bridgehead atoms. The molecule has 0 N–H and O–H groups in total. The van der Waals surface area contributed by atoms with E-state index in [0.29, 0.717) is 42.2 Å². The zero-order valence-corrected chi connectivity index (χ0v) is 18.3. The van der Waals surface area contributed by atoms with Gasteiger partial charge in [0.05, 0.1) is 32.8 Å². The third-order valence-electron chi connectivity index (χ3n) is 5.31. The highest BCUT2D eigenvalue weighted by Crippen LogP contribution is 2.38. The minimum Gasteiger partial charge on any atom is -0.493 e. The van der Waals surface area contributed by atoms with E-state index in [9.17, 15) is 13.2 Å². The quantitative estimate of drug-likeness (QED) is 0.637. The van der Waals surface area contributed by atoms with Crippen LogP contribution in [0.1, 0.15) is 22.3 Å². The number of carbonyl (C=O) groups excluding carboxylic acids is 1. The molecule has 1 heterocycles. The molecule has 1 atom stereocenters. The molecular formula is C22H27NO6S. The van der Waals surface area contributed by atoms with Gasteiger partial charge in [-0.25, -0.2) is 8.42 Å². The Bertz CT molecular complexity index is 965. The van der Waals surface area contributed by atoms with Crippen molar-refractivity contribution in [1.29, 1.82) is 0 Å². The smallest absolute Gasteiger partial charge is 0.254 e. The summed E-state index contributed by atoms with van der Waals surface area (Å²) in [4.78, 5) is 15.1. The van der Waals surface area contributed by atoms with Crippen LogP contribution in [-0.2, 0) is 16.3 Å². The number of hydrogen-bond acceptors (Lipinski definition) is 6. The Morgan fingerprint density at radius 3 is 2.17 bits per heavy atom. The molecule has 1 fully saturated rings. The van der Waals surface area contributed by atoms with E-state index in [1.165, 1.54) is 21.3 Å². The average Bonchev–Trinajstić information content (AvgIpc) is 3.12. The van der Waals surface area contributed by atoms with Crippen molar-refractivity contribution < 1.29 is 27.4 Å². The molecule has 1 saturated heterocycles. The third-order valence-corrected chi connectivity index (χ3v) is 7.06. The first kappa shape index (κ1) is 22.0. The van der Waals surface area contributed by atoms with Crippen LogP contribution in [-0.4, -0.2) is 64.6 Å². The van der Waals surface area contributed by atoms with Crippen molar-refractivity contribution in [3.05, 3.63) is 53.6 Å². The molecule has 30 heavy (non-hydrogen) atoms. The number of sulfone groups is 1. The highest BCUT2D eigenvalue weighted by molar-refractivity contribution is 7.91. The summed E-state index contributed by atoms with van der Waals surface area (Å²) in [6, 6.07) is 12.7. The van der Waals surface area contributed by atoms with Crippen molar-refractivity contribution in [2.75, 3.05) is 39.4 Å². The minimum atomic E-state index is -3.14. The molecular weight excluding hydrogens is 406 g/mol. The highest BCUT2D eigenvalue weighted by Gasteiger charge is 2.35. The predicted octanol–water partition coefficient (Wildman–Crippen LogP) is 2.58. The van der Waals surface area contributed by atoms with Crippen molar-refractivity contribution in [3.8, 4) is 17.2 Å². The topological polar surface area (TPSA) is 82.1 Å². The molecule has 0 radical (unpaired) electrons. The lowest BCUT2D eigenvalue weighted by Crippen LogP contribution is -2.42. The summed E-state index contributed by atoms with van der Waals surface area (Å²) in [5, 5.41) is 0. The van der Waals surface area contributed by atoms with E-state index >= 15 is 0 Å². The van der Waals surface area contributed by atoms with Gasteiger partial charge in [-0.15, -0.1) is 0 Å². The molecule has 0 aliphatic carbocycles. The lowest BCUT2D eigenvalue weighted by atomic mass is 10.1. The molecule has 1 aliphatic rings. The monoisotopic (exact) mass is 433 g/mol.